The van der Waals surface area contributed by atoms with Crippen molar-refractivity contribution in [1.82, 2.24) is 19.9 Å². The van der Waals surface area contributed by atoms with Gasteiger partial charge >= 0.3 is 6.18 Å². The molecule has 1 N–H and O–H groups in total. The van der Waals surface area contributed by atoms with Crippen LogP contribution >= 0.6 is 0 Å². The third-order valence-corrected chi connectivity index (χ3v) is 3.97. The molecule has 0 spiro atoms. The number of rotatable bonds is 5. The zero-order valence-electron chi connectivity index (χ0n) is 12.8. The second kappa shape index (κ2) is 6.76. The molecule has 2 aromatic heterocycles. The fourth-order valence-electron chi connectivity index (χ4n) is 2.67. The van der Waals surface area contributed by atoms with Gasteiger partial charge in [-0.15, -0.1) is 10.2 Å². The van der Waals surface area contributed by atoms with E-state index in [-0.39, 0.29) is 24.2 Å². The Balaban J connectivity index is 1.58. The Hall–Kier alpha value is -2.16. The minimum Gasteiger partial charge on any atom is -0.378 e. The molecule has 130 valence electrons. The number of ether oxygens (including phenoxy) is 1. The summed E-state index contributed by atoms with van der Waals surface area (Å²) in [6, 6.07) is 1.88. The highest BCUT2D eigenvalue weighted by Crippen LogP contribution is 2.29. The molecule has 0 aliphatic carbocycles. The highest BCUT2D eigenvalue weighted by molar-refractivity contribution is 5.75. The Morgan fingerprint density at radius 2 is 2.25 bits per heavy atom. The number of hydrogen-bond donors (Lipinski definition) is 1. The first-order valence-corrected chi connectivity index (χ1v) is 7.72. The smallest absolute Gasteiger partial charge is 0.378 e. The van der Waals surface area contributed by atoms with Crippen LogP contribution < -0.4 is 5.32 Å². The number of halogens is 3. The topological polar surface area (TPSA) is 68.5 Å². The first-order chi connectivity index (χ1) is 11.4. The average molecular weight is 342 g/mol. The number of hydrogen-bond acceptors (Lipinski definition) is 4. The van der Waals surface area contributed by atoms with E-state index in [9.17, 15) is 18.0 Å². The molecule has 1 aliphatic heterocycles. The number of nitrogens with one attached hydrogen (secondary N) is 1. The van der Waals surface area contributed by atoms with Gasteiger partial charge in [0, 0.05) is 19.2 Å². The maximum absolute atomic E-state index is 12.7. The highest BCUT2D eigenvalue weighted by atomic mass is 19.4. The van der Waals surface area contributed by atoms with Crippen LogP contribution in [0.2, 0.25) is 0 Å². The number of pyridine rings is 1. The summed E-state index contributed by atoms with van der Waals surface area (Å²) in [4.78, 5) is 11.8. The molecule has 1 aliphatic rings. The summed E-state index contributed by atoms with van der Waals surface area (Å²) in [5.74, 6) is 0.235. The maximum atomic E-state index is 12.7. The van der Waals surface area contributed by atoms with Gasteiger partial charge in [0.1, 0.15) is 0 Å². The molecule has 0 saturated carbocycles. The minimum absolute atomic E-state index is 0.0911. The second-order valence-electron chi connectivity index (χ2n) is 5.71. The Morgan fingerprint density at radius 1 is 1.42 bits per heavy atom. The molecular weight excluding hydrogens is 325 g/mol. The van der Waals surface area contributed by atoms with Crippen LogP contribution in [0.5, 0.6) is 0 Å². The van der Waals surface area contributed by atoms with Crippen LogP contribution in [0.15, 0.2) is 18.3 Å². The first kappa shape index (κ1) is 16.7. The van der Waals surface area contributed by atoms with Gasteiger partial charge in [0.15, 0.2) is 11.5 Å². The quantitative estimate of drug-likeness (QED) is 0.905. The van der Waals surface area contributed by atoms with Gasteiger partial charge in [0.2, 0.25) is 5.91 Å². The Bertz CT molecular complexity index is 723. The van der Waals surface area contributed by atoms with Gasteiger partial charge in [0.05, 0.1) is 18.2 Å². The summed E-state index contributed by atoms with van der Waals surface area (Å²) < 4.78 is 44.9. The second-order valence-corrected chi connectivity index (χ2v) is 5.71. The van der Waals surface area contributed by atoms with Crippen molar-refractivity contribution in [2.45, 2.75) is 44.5 Å². The summed E-state index contributed by atoms with van der Waals surface area (Å²) in [7, 11) is 0. The van der Waals surface area contributed by atoms with Gasteiger partial charge in [-0.3, -0.25) is 9.20 Å². The SMILES string of the molecule is O=C(CCC1CCCO1)NCc1nnc2cc(C(F)(F)F)ccn12. The third-order valence-electron chi connectivity index (χ3n) is 3.97. The van der Waals surface area contributed by atoms with Crippen LogP contribution in [0, 0.1) is 0 Å². The van der Waals surface area contributed by atoms with Crippen molar-refractivity contribution in [1.29, 1.82) is 0 Å². The molecule has 0 radical (unpaired) electrons. The van der Waals surface area contributed by atoms with Crippen molar-refractivity contribution in [3.63, 3.8) is 0 Å². The van der Waals surface area contributed by atoms with E-state index in [4.69, 9.17) is 4.74 Å². The van der Waals surface area contributed by atoms with Gasteiger partial charge < -0.3 is 10.1 Å². The van der Waals surface area contributed by atoms with E-state index < -0.39 is 11.7 Å². The van der Waals surface area contributed by atoms with Crippen molar-refractivity contribution in [2.24, 2.45) is 0 Å². The van der Waals surface area contributed by atoms with E-state index >= 15 is 0 Å². The Labute approximate surface area is 136 Å². The van der Waals surface area contributed by atoms with E-state index in [0.717, 1.165) is 31.6 Å². The van der Waals surface area contributed by atoms with Crippen LogP contribution in [0.3, 0.4) is 0 Å². The fourth-order valence-corrected chi connectivity index (χ4v) is 2.67. The van der Waals surface area contributed by atoms with Crippen molar-refractivity contribution in [2.75, 3.05) is 6.61 Å². The predicted octanol–water partition coefficient (Wildman–Crippen LogP) is 2.32. The van der Waals surface area contributed by atoms with Crippen molar-refractivity contribution in [3.05, 3.63) is 29.7 Å². The number of carbonyl (C=O) groups is 1. The molecule has 1 saturated heterocycles. The average Bonchev–Trinajstić information content (AvgIpc) is 3.19. The fraction of sp³-hybridized carbons (Fsp3) is 0.533. The summed E-state index contributed by atoms with van der Waals surface area (Å²) in [6.45, 7) is 0.856. The van der Waals surface area contributed by atoms with Crippen LogP contribution in [0.4, 0.5) is 13.2 Å². The molecule has 1 amide bonds. The molecule has 1 unspecified atom stereocenters. The Morgan fingerprint density at radius 3 is 2.96 bits per heavy atom. The van der Waals surface area contributed by atoms with Crippen molar-refractivity contribution >= 4 is 11.6 Å². The molecule has 2 aromatic rings. The minimum atomic E-state index is -4.43. The summed E-state index contributed by atoms with van der Waals surface area (Å²) in [5, 5.41) is 10.3. The summed E-state index contributed by atoms with van der Waals surface area (Å²) >= 11 is 0. The lowest BCUT2D eigenvalue weighted by molar-refractivity contribution is -0.137. The molecule has 3 rings (SSSR count). The molecule has 1 fully saturated rings. The number of nitrogens with zero attached hydrogens (tertiary/aromatic N) is 3. The van der Waals surface area contributed by atoms with Gasteiger partial charge in [-0.1, -0.05) is 0 Å². The van der Waals surface area contributed by atoms with Gasteiger partial charge in [-0.2, -0.15) is 13.2 Å². The normalized spacial score (nSPS) is 18.2. The standard InChI is InChI=1S/C15H17F3N4O2/c16-15(17,18)10-5-6-22-12(8-10)20-21-13(22)9-19-14(23)4-3-11-2-1-7-24-11/h5-6,8,11H,1-4,7,9H2,(H,19,23). The maximum Gasteiger partial charge on any atom is 0.416 e. The molecule has 9 heteroatoms. The lowest BCUT2D eigenvalue weighted by Crippen LogP contribution is -2.25. The highest BCUT2D eigenvalue weighted by Gasteiger charge is 2.31. The molecule has 6 nitrogen and oxygen atoms in total. The zero-order chi connectivity index (χ0) is 17.2. The predicted molar refractivity (Wildman–Crippen MR) is 78.0 cm³/mol. The van der Waals surface area contributed by atoms with Crippen LogP contribution in [0.1, 0.15) is 37.1 Å². The van der Waals surface area contributed by atoms with E-state index in [1.54, 1.807) is 0 Å². The van der Waals surface area contributed by atoms with E-state index in [0.29, 0.717) is 18.7 Å². The van der Waals surface area contributed by atoms with Gasteiger partial charge in [-0.25, -0.2) is 0 Å². The summed E-state index contributed by atoms with van der Waals surface area (Å²) in [6.07, 6.45) is -0.00987. The van der Waals surface area contributed by atoms with E-state index in [1.807, 2.05) is 0 Å². The molecule has 0 bridgehead atoms. The number of aromatic nitrogens is 3. The first-order valence-electron chi connectivity index (χ1n) is 7.72. The molecular formula is C15H17F3N4O2. The van der Waals surface area contributed by atoms with Gasteiger partial charge in [0.25, 0.3) is 0 Å². The molecule has 1 atom stereocenters. The molecule has 3 heterocycles. The van der Waals surface area contributed by atoms with Crippen molar-refractivity contribution < 1.29 is 22.7 Å². The Kier molecular flexibility index (Phi) is 4.70. The number of alkyl halides is 3. The lowest BCUT2D eigenvalue weighted by Gasteiger charge is -2.09. The largest absolute Gasteiger partial charge is 0.416 e. The lowest BCUT2D eigenvalue weighted by atomic mass is 10.1. The third kappa shape index (κ3) is 3.84. The zero-order valence-corrected chi connectivity index (χ0v) is 12.8. The number of amides is 1. The summed E-state index contributed by atoms with van der Waals surface area (Å²) in [5.41, 5.74) is -0.692. The van der Waals surface area contributed by atoms with E-state index in [2.05, 4.69) is 15.5 Å². The number of carbonyl (C=O) groups excluding carboxylic acids is 1. The van der Waals surface area contributed by atoms with Crippen molar-refractivity contribution in [3.8, 4) is 0 Å². The van der Waals surface area contributed by atoms with E-state index in [1.165, 1.54) is 10.6 Å². The van der Waals surface area contributed by atoms with Crippen LogP contribution in [-0.4, -0.2) is 33.2 Å². The molecule has 0 aromatic carbocycles. The van der Waals surface area contributed by atoms with Crippen LogP contribution in [0.25, 0.3) is 5.65 Å². The molecule has 24 heavy (non-hydrogen) atoms. The van der Waals surface area contributed by atoms with Gasteiger partial charge in [-0.05, 0) is 31.4 Å². The number of fused-ring (bicyclic) bond motifs is 1. The van der Waals surface area contributed by atoms with Crippen LogP contribution in [-0.2, 0) is 22.3 Å². The monoisotopic (exact) mass is 342 g/mol.